The van der Waals surface area contributed by atoms with Gasteiger partial charge in [-0.05, 0) is 6.08 Å². The fourth-order valence-electron chi connectivity index (χ4n) is 0.604. The second-order valence-corrected chi connectivity index (χ2v) is 3.10. The normalized spacial score (nSPS) is 41.4. The summed E-state index contributed by atoms with van der Waals surface area (Å²) in [6.45, 7) is 0. The van der Waals surface area contributed by atoms with Gasteiger partial charge in [0.05, 0.1) is 5.38 Å². The van der Waals surface area contributed by atoms with Crippen molar-refractivity contribution in [2.45, 2.75) is 10.4 Å². The molecule has 0 aromatic carbocycles. The van der Waals surface area contributed by atoms with Crippen LogP contribution in [0, 0.1) is 0 Å². The Labute approximate surface area is 64.1 Å². The summed E-state index contributed by atoms with van der Waals surface area (Å²) in [6.07, 6.45) is 7.04. The van der Waals surface area contributed by atoms with E-state index in [1.807, 2.05) is 6.08 Å². The number of nitrogens with two attached hydrogens (primary N) is 1. The Morgan fingerprint density at radius 1 is 1.44 bits per heavy atom. The summed E-state index contributed by atoms with van der Waals surface area (Å²) >= 11 is 11.4. The van der Waals surface area contributed by atoms with Crippen LogP contribution >= 0.6 is 23.2 Å². The van der Waals surface area contributed by atoms with Crippen LogP contribution in [0.3, 0.4) is 0 Å². The van der Waals surface area contributed by atoms with Crippen LogP contribution < -0.4 is 5.73 Å². The highest BCUT2D eigenvalue weighted by atomic mass is 35.5. The third-order valence-electron chi connectivity index (χ3n) is 1.17. The monoisotopic (exact) mass is 163 g/mol. The van der Waals surface area contributed by atoms with Crippen molar-refractivity contribution in [3.8, 4) is 0 Å². The molecule has 0 saturated carbocycles. The standard InChI is InChI=1S/C6H7Cl2N/c7-5-3-1-2-4-6(5,8)9/h1-5H,9H2. The van der Waals surface area contributed by atoms with E-state index in [1.54, 1.807) is 18.2 Å². The third kappa shape index (κ3) is 1.48. The van der Waals surface area contributed by atoms with Crippen molar-refractivity contribution in [3.63, 3.8) is 0 Å². The van der Waals surface area contributed by atoms with E-state index < -0.39 is 5.00 Å². The SMILES string of the molecule is NC1(Cl)C=CC=CC1Cl. The van der Waals surface area contributed by atoms with E-state index in [0.717, 1.165) is 0 Å². The van der Waals surface area contributed by atoms with Crippen molar-refractivity contribution < 1.29 is 0 Å². The molecule has 1 nitrogen and oxygen atoms in total. The van der Waals surface area contributed by atoms with Crippen molar-refractivity contribution in [1.29, 1.82) is 0 Å². The second kappa shape index (κ2) is 2.33. The predicted octanol–water partition coefficient (Wildman–Crippen LogP) is 1.61. The van der Waals surface area contributed by atoms with E-state index in [9.17, 15) is 0 Å². The molecule has 0 amide bonds. The molecular weight excluding hydrogens is 157 g/mol. The third-order valence-corrected chi connectivity index (χ3v) is 2.14. The van der Waals surface area contributed by atoms with Crippen molar-refractivity contribution in [2.24, 2.45) is 5.73 Å². The first kappa shape index (κ1) is 7.13. The van der Waals surface area contributed by atoms with E-state index in [1.165, 1.54) is 0 Å². The van der Waals surface area contributed by atoms with E-state index in [-0.39, 0.29) is 5.38 Å². The number of halogens is 2. The predicted molar refractivity (Wildman–Crippen MR) is 40.7 cm³/mol. The number of rotatable bonds is 0. The Balaban J connectivity index is 2.78. The molecule has 0 aromatic rings. The van der Waals surface area contributed by atoms with Gasteiger partial charge in [0.1, 0.15) is 5.00 Å². The van der Waals surface area contributed by atoms with Gasteiger partial charge in [0, 0.05) is 0 Å². The molecule has 0 heterocycles. The summed E-state index contributed by atoms with van der Waals surface area (Å²) in [4.78, 5) is -0.893. The Morgan fingerprint density at radius 3 is 2.44 bits per heavy atom. The minimum absolute atomic E-state index is 0.302. The van der Waals surface area contributed by atoms with Gasteiger partial charge in [-0.25, -0.2) is 0 Å². The molecule has 1 aliphatic carbocycles. The molecule has 0 bridgehead atoms. The lowest BCUT2D eigenvalue weighted by Crippen LogP contribution is -2.40. The summed E-state index contributed by atoms with van der Waals surface area (Å²) in [5.74, 6) is 0. The van der Waals surface area contributed by atoms with Crippen LogP contribution in [0.1, 0.15) is 0 Å². The van der Waals surface area contributed by atoms with Crippen LogP contribution in [0.5, 0.6) is 0 Å². The molecule has 2 unspecified atom stereocenters. The van der Waals surface area contributed by atoms with Crippen molar-refractivity contribution in [2.75, 3.05) is 0 Å². The Bertz CT molecular complexity index is 160. The van der Waals surface area contributed by atoms with Gasteiger partial charge in [-0.2, -0.15) is 0 Å². The average molecular weight is 164 g/mol. The summed E-state index contributed by atoms with van der Waals surface area (Å²) in [5.41, 5.74) is 5.52. The van der Waals surface area contributed by atoms with Gasteiger partial charge in [-0.15, -0.1) is 11.6 Å². The number of hydrogen-bond donors (Lipinski definition) is 1. The molecule has 0 aromatic heterocycles. The highest BCUT2D eigenvalue weighted by Gasteiger charge is 2.27. The number of allylic oxidation sites excluding steroid dienone is 2. The molecule has 0 spiro atoms. The van der Waals surface area contributed by atoms with Gasteiger partial charge in [-0.1, -0.05) is 29.8 Å². The van der Waals surface area contributed by atoms with Crippen LogP contribution in [-0.2, 0) is 0 Å². The Morgan fingerprint density at radius 2 is 2.11 bits per heavy atom. The first-order valence-electron chi connectivity index (χ1n) is 2.61. The van der Waals surface area contributed by atoms with Gasteiger partial charge < -0.3 is 5.73 Å². The molecular formula is C6H7Cl2N. The number of hydrogen-bond acceptors (Lipinski definition) is 1. The molecule has 3 heteroatoms. The lowest BCUT2D eigenvalue weighted by Gasteiger charge is -2.22. The maximum absolute atomic E-state index is 5.73. The minimum Gasteiger partial charge on any atom is -0.308 e. The quantitative estimate of drug-likeness (QED) is 0.427. The van der Waals surface area contributed by atoms with Crippen LogP contribution in [0.2, 0.25) is 0 Å². The van der Waals surface area contributed by atoms with Crippen molar-refractivity contribution >= 4 is 23.2 Å². The van der Waals surface area contributed by atoms with Crippen LogP contribution in [0.4, 0.5) is 0 Å². The molecule has 0 radical (unpaired) electrons. The van der Waals surface area contributed by atoms with Gasteiger partial charge in [-0.3, -0.25) is 0 Å². The summed E-state index contributed by atoms with van der Waals surface area (Å²) < 4.78 is 0. The van der Waals surface area contributed by atoms with E-state index in [4.69, 9.17) is 28.9 Å². The summed E-state index contributed by atoms with van der Waals surface area (Å²) in [7, 11) is 0. The molecule has 2 atom stereocenters. The smallest absolute Gasteiger partial charge is 0.130 e. The van der Waals surface area contributed by atoms with Crippen molar-refractivity contribution in [3.05, 3.63) is 24.3 Å². The fourth-order valence-corrected chi connectivity index (χ4v) is 0.906. The molecule has 1 aliphatic rings. The average Bonchev–Trinajstić information content (AvgIpc) is 1.77. The Hall–Kier alpha value is 0.0200. The first-order chi connectivity index (χ1) is 4.13. The zero-order valence-electron chi connectivity index (χ0n) is 4.72. The molecule has 0 saturated heterocycles. The number of alkyl halides is 2. The highest BCUT2D eigenvalue weighted by molar-refractivity contribution is 6.34. The molecule has 1 rings (SSSR count). The zero-order chi connectivity index (χ0) is 6.91. The van der Waals surface area contributed by atoms with Crippen LogP contribution in [0.25, 0.3) is 0 Å². The largest absolute Gasteiger partial charge is 0.308 e. The van der Waals surface area contributed by atoms with Gasteiger partial charge in [0.15, 0.2) is 0 Å². The summed E-state index contributed by atoms with van der Waals surface area (Å²) in [6, 6.07) is 0. The lowest BCUT2D eigenvalue weighted by atomic mass is 10.1. The second-order valence-electron chi connectivity index (χ2n) is 1.97. The molecule has 0 fully saturated rings. The van der Waals surface area contributed by atoms with Gasteiger partial charge in [0.25, 0.3) is 0 Å². The van der Waals surface area contributed by atoms with Gasteiger partial charge >= 0.3 is 0 Å². The lowest BCUT2D eigenvalue weighted by molar-refractivity contribution is 0.750. The van der Waals surface area contributed by atoms with E-state index in [0.29, 0.717) is 0 Å². The maximum Gasteiger partial charge on any atom is 0.130 e. The first-order valence-corrected chi connectivity index (χ1v) is 3.42. The van der Waals surface area contributed by atoms with Crippen LogP contribution in [0.15, 0.2) is 24.3 Å². The van der Waals surface area contributed by atoms with Crippen LogP contribution in [-0.4, -0.2) is 10.4 Å². The fraction of sp³-hybridized carbons (Fsp3) is 0.333. The zero-order valence-corrected chi connectivity index (χ0v) is 6.23. The topological polar surface area (TPSA) is 26.0 Å². The molecule has 50 valence electrons. The minimum atomic E-state index is -0.893. The highest BCUT2D eigenvalue weighted by Crippen LogP contribution is 2.23. The van der Waals surface area contributed by atoms with E-state index in [2.05, 4.69) is 0 Å². The molecule has 9 heavy (non-hydrogen) atoms. The molecule has 0 aliphatic heterocycles. The van der Waals surface area contributed by atoms with Gasteiger partial charge in [0.2, 0.25) is 0 Å². The summed E-state index contributed by atoms with van der Waals surface area (Å²) in [5, 5.41) is -0.302. The van der Waals surface area contributed by atoms with Crippen molar-refractivity contribution in [1.82, 2.24) is 0 Å². The maximum atomic E-state index is 5.73. The van der Waals surface area contributed by atoms with E-state index >= 15 is 0 Å². The Kier molecular flexibility index (Phi) is 1.85. The molecule has 2 N–H and O–H groups in total.